The molecule has 1 aliphatic rings. The molecule has 0 bridgehead atoms. The van der Waals surface area contributed by atoms with E-state index >= 15 is 0 Å². The lowest BCUT2D eigenvalue weighted by molar-refractivity contribution is 0.0624. The Morgan fingerprint density at radius 1 is 1.38 bits per heavy atom. The van der Waals surface area contributed by atoms with Crippen LogP contribution in [0.3, 0.4) is 0 Å². The number of imidazole rings is 1. The molecule has 2 heterocycles. The Balaban J connectivity index is 1.57. The molecule has 0 aliphatic carbocycles. The first-order chi connectivity index (χ1) is 11.7. The standard InChI is InChI=1S/C18H23N3O3/c1-20-13-19-10-17(20)18(22)21-8-4-5-14(11-21)12-24-16-7-3-6-15(9-16)23-2/h3,6-7,9-10,13-14H,4-5,8,11-12H2,1-2H3/t14-/m0/s1. The van der Waals surface area contributed by atoms with E-state index in [1.807, 2.05) is 36.2 Å². The molecule has 6 nitrogen and oxygen atoms in total. The van der Waals surface area contributed by atoms with Crippen molar-refractivity contribution in [1.82, 2.24) is 14.5 Å². The van der Waals surface area contributed by atoms with Crippen molar-refractivity contribution >= 4 is 5.91 Å². The van der Waals surface area contributed by atoms with Crippen LogP contribution >= 0.6 is 0 Å². The summed E-state index contributed by atoms with van der Waals surface area (Å²) < 4.78 is 12.9. The topological polar surface area (TPSA) is 56.6 Å². The molecule has 0 unspecified atom stereocenters. The minimum atomic E-state index is 0.0427. The number of carbonyl (C=O) groups excluding carboxylic acids is 1. The maximum Gasteiger partial charge on any atom is 0.272 e. The third-order valence-corrected chi connectivity index (χ3v) is 4.37. The summed E-state index contributed by atoms with van der Waals surface area (Å²) in [5.74, 6) is 1.96. The Bertz CT molecular complexity index is 698. The van der Waals surface area contributed by atoms with Crippen LogP contribution in [0.1, 0.15) is 23.3 Å². The van der Waals surface area contributed by atoms with Crippen LogP contribution in [0.2, 0.25) is 0 Å². The number of hydrogen-bond donors (Lipinski definition) is 0. The predicted octanol–water partition coefficient (Wildman–Crippen LogP) is 2.36. The Morgan fingerprint density at radius 3 is 2.96 bits per heavy atom. The molecular weight excluding hydrogens is 306 g/mol. The molecule has 128 valence electrons. The number of carbonyl (C=O) groups is 1. The zero-order valence-electron chi connectivity index (χ0n) is 14.1. The highest BCUT2D eigenvalue weighted by atomic mass is 16.5. The molecule has 6 heteroatoms. The normalized spacial score (nSPS) is 17.6. The lowest BCUT2D eigenvalue weighted by Crippen LogP contribution is -2.42. The molecule has 0 saturated carbocycles. The monoisotopic (exact) mass is 329 g/mol. The largest absolute Gasteiger partial charge is 0.497 e. The molecule has 2 aromatic rings. The quantitative estimate of drug-likeness (QED) is 0.845. The van der Waals surface area contributed by atoms with E-state index in [0.29, 0.717) is 24.8 Å². The summed E-state index contributed by atoms with van der Waals surface area (Å²) in [6, 6.07) is 7.60. The highest BCUT2D eigenvalue weighted by molar-refractivity contribution is 5.92. The minimum absolute atomic E-state index is 0.0427. The van der Waals surface area contributed by atoms with Gasteiger partial charge in [-0.3, -0.25) is 4.79 Å². The molecule has 3 rings (SSSR count). The van der Waals surface area contributed by atoms with E-state index in [1.54, 1.807) is 24.2 Å². The van der Waals surface area contributed by atoms with Crippen molar-refractivity contribution in [3.63, 3.8) is 0 Å². The highest BCUT2D eigenvalue weighted by Gasteiger charge is 2.26. The van der Waals surface area contributed by atoms with Crippen LogP contribution in [-0.2, 0) is 7.05 Å². The fraction of sp³-hybridized carbons (Fsp3) is 0.444. The van der Waals surface area contributed by atoms with Crippen LogP contribution in [-0.4, -0.2) is 47.2 Å². The summed E-state index contributed by atoms with van der Waals surface area (Å²) in [5, 5.41) is 0. The summed E-state index contributed by atoms with van der Waals surface area (Å²) >= 11 is 0. The first-order valence-electron chi connectivity index (χ1n) is 8.20. The Labute approximate surface area is 142 Å². The van der Waals surface area contributed by atoms with Gasteiger partial charge in [-0.2, -0.15) is 0 Å². The van der Waals surface area contributed by atoms with E-state index in [-0.39, 0.29) is 5.91 Å². The average molecular weight is 329 g/mol. The number of likely N-dealkylation sites (tertiary alicyclic amines) is 1. The number of hydrogen-bond acceptors (Lipinski definition) is 4. The van der Waals surface area contributed by atoms with Crippen molar-refractivity contribution < 1.29 is 14.3 Å². The van der Waals surface area contributed by atoms with Gasteiger partial charge < -0.3 is 18.9 Å². The fourth-order valence-corrected chi connectivity index (χ4v) is 3.02. The summed E-state index contributed by atoms with van der Waals surface area (Å²) in [6.07, 6.45) is 5.34. The van der Waals surface area contributed by atoms with Crippen molar-refractivity contribution in [3.05, 3.63) is 42.5 Å². The van der Waals surface area contributed by atoms with Crippen molar-refractivity contribution in [2.45, 2.75) is 12.8 Å². The van der Waals surface area contributed by atoms with Gasteiger partial charge in [0.1, 0.15) is 17.2 Å². The Hall–Kier alpha value is -2.50. The van der Waals surface area contributed by atoms with Crippen molar-refractivity contribution in [2.75, 3.05) is 26.8 Å². The van der Waals surface area contributed by atoms with Crippen molar-refractivity contribution in [1.29, 1.82) is 0 Å². The van der Waals surface area contributed by atoms with Crippen LogP contribution in [0.15, 0.2) is 36.8 Å². The van der Waals surface area contributed by atoms with Gasteiger partial charge >= 0.3 is 0 Å². The molecule has 1 saturated heterocycles. The third kappa shape index (κ3) is 3.69. The predicted molar refractivity (Wildman–Crippen MR) is 90.3 cm³/mol. The SMILES string of the molecule is COc1cccc(OC[C@H]2CCCN(C(=O)c3cncn3C)C2)c1. The Morgan fingerprint density at radius 2 is 2.21 bits per heavy atom. The van der Waals surface area contributed by atoms with Gasteiger partial charge in [0, 0.05) is 32.1 Å². The van der Waals surface area contributed by atoms with Crippen LogP contribution in [0, 0.1) is 5.92 Å². The summed E-state index contributed by atoms with van der Waals surface area (Å²) in [6.45, 7) is 2.11. The number of aromatic nitrogens is 2. The number of aryl methyl sites for hydroxylation is 1. The van der Waals surface area contributed by atoms with E-state index < -0.39 is 0 Å². The van der Waals surface area contributed by atoms with Gasteiger partial charge in [0.2, 0.25) is 0 Å². The van der Waals surface area contributed by atoms with E-state index in [9.17, 15) is 4.79 Å². The van der Waals surface area contributed by atoms with E-state index in [1.165, 1.54) is 0 Å². The lowest BCUT2D eigenvalue weighted by Gasteiger charge is -2.32. The van der Waals surface area contributed by atoms with Crippen LogP contribution < -0.4 is 9.47 Å². The first-order valence-corrected chi connectivity index (χ1v) is 8.20. The number of piperidine rings is 1. The molecule has 0 radical (unpaired) electrons. The molecule has 1 fully saturated rings. The van der Waals surface area contributed by atoms with E-state index in [4.69, 9.17) is 9.47 Å². The molecule has 0 N–H and O–H groups in total. The van der Waals surface area contributed by atoms with Crippen LogP contribution in [0.4, 0.5) is 0 Å². The first kappa shape index (κ1) is 16.4. The van der Waals surface area contributed by atoms with Crippen LogP contribution in [0.25, 0.3) is 0 Å². The van der Waals surface area contributed by atoms with Gasteiger partial charge in [-0.15, -0.1) is 0 Å². The van der Waals surface area contributed by atoms with Gasteiger partial charge in [-0.05, 0) is 25.0 Å². The molecule has 0 spiro atoms. The molecule has 1 aromatic heterocycles. The molecule has 24 heavy (non-hydrogen) atoms. The van der Waals surface area contributed by atoms with Gasteiger partial charge in [-0.25, -0.2) is 4.98 Å². The molecule has 1 amide bonds. The number of nitrogens with zero attached hydrogens (tertiary/aromatic N) is 3. The maximum atomic E-state index is 12.6. The van der Waals surface area contributed by atoms with Gasteiger partial charge in [0.25, 0.3) is 5.91 Å². The average Bonchev–Trinajstić information content (AvgIpc) is 3.05. The maximum absolute atomic E-state index is 12.6. The van der Waals surface area contributed by atoms with Crippen molar-refractivity contribution in [3.8, 4) is 11.5 Å². The molecule has 1 aromatic carbocycles. The smallest absolute Gasteiger partial charge is 0.272 e. The third-order valence-electron chi connectivity index (χ3n) is 4.37. The van der Waals surface area contributed by atoms with Gasteiger partial charge in [0.05, 0.1) is 26.2 Å². The van der Waals surface area contributed by atoms with Crippen molar-refractivity contribution in [2.24, 2.45) is 13.0 Å². The van der Waals surface area contributed by atoms with E-state index in [0.717, 1.165) is 30.9 Å². The highest BCUT2D eigenvalue weighted by Crippen LogP contribution is 2.22. The second-order valence-electron chi connectivity index (χ2n) is 6.14. The summed E-state index contributed by atoms with van der Waals surface area (Å²) in [4.78, 5) is 18.5. The Kier molecular flexibility index (Phi) is 5.03. The summed E-state index contributed by atoms with van der Waals surface area (Å²) in [7, 11) is 3.48. The zero-order chi connectivity index (χ0) is 16.9. The fourth-order valence-electron chi connectivity index (χ4n) is 3.02. The molecular formula is C18H23N3O3. The second kappa shape index (κ2) is 7.38. The number of amides is 1. The second-order valence-corrected chi connectivity index (χ2v) is 6.14. The van der Waals surface area contributed by atoms with Crippen LogP contribution in [0.5, 0.6) is 11.5 Å². The van der Waals surface area contributed by atoms with E-state index in [2.05, 4.69) is 4.98 Å². The minimum Gasteiger partial charge on any atom is -0.497 e. The number of ether oxygens (including phenoxy) is 2. The lowest BCUT2D eigenvalue weighted by atomic mass is 9.98. The van der Waals surface area contributed by atoms with Gasteiger partial charge in [0.15, 0.2) is 0 Å². The number of rotatable bonds is 5. The zero-order valence-corrected chi connectivity index (χ0v) is 14.1. The molecule has 1 atom stereocenters. The summed E-state index contributed by atoms with van der Waals surface area (Å²) in [5.41, 5.74) is 0.629. The molecule has 1 aliphatic heterocycles. The number of methoxy groups -OCH3 is 1. The van der Waals surface area contributed by atoms with Gasteiger partial charge in [-0.1, -0.05) is 6.07 Å². The number of benzene rings is 1.